The second kappa shape index (κ2) is 12.2. The van der Waals surface area contributed by atoms with E-state index in [2.05, 4.69) is 33.3 Å². The SMILES string of the molecule is Cc1ccc(Oc2ccc(Cc3nsc(N4CCCN(C(=O)c5cccc(-c6csc(C)n6)c5)CC4)n3)cc2)cc1. The van der Waals surface area contributed by atoms with Crippen molar-refractivity contribution in [1.29, 1.82) is 0 Å². The first-order valence-electron chi connectivity index (χ1n) is 13.7. The molecule has 0 aliphatic carbocycles. The summed E-state index contributed by atoms with van der Waals surface area (Å²) in [6.45, 7) is 7.00. The quantitative estimate of drug-likeness (QED) is 0.206. The van der Waals surface area contributed by atoms with Gasteiger partial charge in [0.2, 0.25) is 5.13 Å². The van der Waals surface area contributed by atoms with Crippen LogP contribution in [0.4, 0.5) is 5.13 Å². The summed E-state index contributed by atoms with van der Waals surface area (Å²) in [6.07, 6.45) is 1.54. The molecule has 1 amide bonds. The number of amides is 1. The summed E-state index contributed by atoms with van der Waals surface area (Å²) in [7, 11) is 0. The van der Waals surface area contributed by atoms with Crippen LogP contribution in [-0.2, 0) is 6.42 Å². The Balaban J connectivity index is 1.05. The van der Waals surface area contributed by atoms with Gasteiger partial charge in [0.25, 0.3) is 5.91 Å². The van der Waals surface area contributed by atoms with Crippen LogP contribution in [0.2, 0.25) is 0 Å². The topological polar surface area (TPSA) is 71.5 Å². The van der Waals surface area contributed by atoms with Crippen molar-refractivity contribution in [2.75, 3.05) is 31.1 Å². The summed E-state index contributed by atoms with van der Waals surface area (Å²) >= 11 is 3.05. The van der Waals surface area contributed by atoms with Gasteiger partial charge >= 0.3 is 0 Å². The number of hydrogen-bond donors (Lipinski definition) is 0. The molecule has 0 bridgehead atoms. The molecule has 0 radical (unpaired) electrons. The molecule has 3 heterocycles. The van der Waals surface area contributed by atoms with Crippen molar-refractivity contribution in [3.8, 4) is 22.8 Å². The Morgan fingerprint density at radius 3 is 2.44 bits per heavy atom. The molecule has 9 heteroatoms. The second-order valence-electron chi connectivity index (χ2n) is 10.2. The smallest absolute Gasteiger partial charge is 0.253 e. The van der Waals surface area contributed by atoms with Gasteiger partial charge in [0, 0.05) is 60.6 Å². The number of ether oxygens (including phenoxy) is 1. The molecule has 7 nitrogen and oxygen atoms in total. The van der Waals surface area contributed by atoms with Gasteiger partial charge in [0.05, 0.1) is 10.7 Å². The molecule has 208 valence electrons. The molecule has 41 heavy (non-hydrogen) atoms. The number of thiazole rings is 1. The molecule has 0 atom stereocenters. The van der Waals surface area contributed by atoms with Crippen LogP contribution in [0.15, 0.2) is 78.2 Å². The summed E-state index contributed by atoms with van der Waals surface area (Å²) in [5, 5.41) is 3.97. The van der Waals surface area contributed by atoms with Crippen molar-refractivity contribution in [2.45, 2.75) is 26.7 Å². The van der Waals surface area contributed by atoms with Gasteiger partial charge in [0.1, 0.15) is 17.3 Å². The van der Waals surface area contributed by atoms with Crippen LogP contribution >= 0.6 is 22.9 Å². The molecule has 1 fully saturated rings. The summed E-state index contributed by atoms with van der Waals surface area (Å²) in [4.78, 5) is 27.0. The third-order valence-corrected chi connectivity index (χ3v) is 8.67. The van der Waals surface area contributed by atoms with Gasteiger partial charge in [0.15, 0.2) is 0 Å². The maximum atomic E-state index is 13.4. The first-order valence-corrected chi connectivity index (χ1v) is 15.4. The number of aromatic nitrogens is 3. The van der Waals surface area contributed by atoms with Crippen molar-refractivity contribution in [3.63, 3.8) is 0 Å². The van der Waals surface area contributed by atoms with Crippen molar-refractivity contribution in [3.05, 3.63) is 106 Å². The van der Waals surface area contributed by atoms with Gasteiger partial charge in [-0.1, -0.05) is 42.0 Å². The van der Waals surface area contributed by atoms with E-state index in [1.54, 1.807) is 11.3 Å². The number of benzene rings is 3. The molecule has 0 unspecified atom stereocenters. The highest BCUT2D eigenvalue weighted by atomic mass is 32.1. The van der Waals surface area contributed by atoms with Gasteiger partial charge < -0.3 is 14.5 Å². The molecule has 0 N–H and O–H groups in total. The zero-order valence-electron chi connectivity index (χ0n) is 23.1. The standard InChI is InChI=1S/C32H31N5O2S2/c1-22-7-11-27(12-8-22)39-28-13-9-24(10-14-28)19-30-34-32(41-35-30)37-16-4-15-36(17-18-37)31(38)26-6-3-5-25(20-26)29-21-40-23(2)33-29/h3,5-14,20-21H,4,15-19H2,1-2H3. The van der Waals surface area contributed by atoms with E-state index < -0.39 is 0 Å². The van der Waals surface area contributed by atoms with Crippen LogP contribution in [0, 0.1) is 13.8 Å². The van der Waals surface area contributed by atoms with E-state index in [0.29, 0.717) is 18.5 Å². The predicted molar refractivity (Wildman–Crippen MR) is 165 cm³/mol. The van der Waals surface area contributed by atoms with E-state index in [1.807, 2.05) is 77.9 Å². The fraction of sp³-hybridized carbons (Fsp3) is 0.250. The van der Waals surface area contributed by atoms with Gasteiger partial charge in [-0.05, 0) is 62.2 Å². The molecule has 1 saturated heterocycles. The summed E-state index contributed by atoms with van der Waals surface area (Å²) < 4.78 is 10.6. The van der Waals surface area contributed by atoms with Crippen LogP contribution in [-0.4, -0.2) is 51.3 Å². The van der Waals surface area contributed by atoms with Crippen LogP contribution in [0.25, 0.3) is 11.3 Å². The highest BCUT2D eigenvalue weighted by Gasteiger charge is 2.23. The van der Waals surface area contributed by atoms with Gasteiger partial charge in [-0.25, -0.2) is 9.97 Å². The zero-order chi connectivity index (χ0) is 28.2. The van der Waals surface area contributed by atoms with E-state index in [9.17, 15) is 4.79 Å². The second-order valence-corrected chi connectivity index (χ2v) is 12.0. The number of carbonyl (C=O) groups is 1. The molecule has 5 aromatic rings. The maximum absolute atomic E-state index is 13.4. The van der Waals surface area contributed by atoms with E-state index >= 15 is 0 Å². The Hall–Kier alpha value is -4.08. The lowest BCUT2D eigenvalue weighted by Crippen LogP contribution is -2.35. The monoisotopic (exact) mass is 581 g/mol. The molecule has 1 aliphatic heterocycles. The molecular formula is C32H31N5O2S2. The number of carbonyl (C=O) groups excluding carboxylic acids is 1. The fourth-order valence-electron chi connectivity index (χ4n) is 4.85. The molecular weight excluding hydrogens is 551 g/mol. The lowest BCUT2D eigenvalue weighted by Gasteiger charge is -2.21. The van der Waals surface area contributed by atoms with Gasteiger partial charge in [-0.15, -0.1) is 11.3 Å². The minimum absolute atomic E-state index is 0.0633. The van der Waals surface area contributed by atoms with E-state index in [0.717, 1.165) is 70.3 Å². The summed E-state index contributed by atoms with van der Waals surface area (Å²) in [5.41, 5.74) is 4.94. The van der Waals surface area contributed by atoms with Crippen molar-refractivity contribution in [1.82, 2.24) is 19.2 Å². The minimum atomic E-state index is 0.0633. The number of hydrogen-bond acceptors (Lipinski definition) is 8. The van der Waals surface area contributed by atoms with Crippen LogP contribution in [0.1, 0.15) is 38.7 Å². The Kier molecular flexibility index (Phi) is 8.07. The van der Waals surface area contributed by atoms with Gasteiger partial charge in [-0.2, -0.15) is 4.37 Å². The third-order valence-electron chi connectivity index (χ3n) is 7.08. The first-order chi connectivity index (χ1) is 20.0. The highest BCUT2D eigenvalue weighted by Crippen LogP contribution is 2.26. The number of anilines is 1. The summed E-state index contributed by atoms with van der Waals surface area (Å²) in [5.74, 6) is 2.50. The van der Waals surface area contributed by atoms with Crippen molar-refractivity contribution >= 4 is 33.9 Å². The highest BCUT2D eigenvalue weighted by molar-refractivity contribution is 7.10. The molecule has 0 saturated carbocycles. The van der Waals surface area contributed by atoms with E-state index in [4.69, 9.17) is 9.72 Å². The predicted octanol–water partition coefficient (Wildman–Crippen LogP) is 7.01. The zero-order valence-corrected chi connectivity index (χ0v) is 24.8. The molecule has 1 aliphatic rings. The lowest BCUT2D eigenvalue weighted by atomic mass is 10.1. The molecule has 6 rings (SSSR count). The third kappa shape index (κ3) is 6.64. The van der Waals surface area contributed by atoms with Crippen LogP contribution in [0.3, 0.4) is 0 Å². The average molecular weight is 582 g/mol. The van der Waals surface area contributed by atoms with Crippen LogP contribution < -0.4 is 9.64 Å². The Morgan fingerprint density at radius 2 is 1.68 bits per heavy atom. The van der Waals surface area contributed by atoms with Crippen molar-refractivity contribution < 1.29 is 9.53 Å². The van der Waals surface area contributed by atoms with Crippen molar-refractivity contribution in [2.24, 2.45) is 0 Å². The lowest BCUT2D eigenvalue weighted by molar-refractivity contribution is 0.0767. The Labute approximate surface area is 248 Å². The van der Waals surface area contributed by atoms with Gasteiger partial charge in [-0.3, -0.25) is 4.79 Å². The Morgan fingerprint density at radius 1 is 0.902 bits per heavy atom. The largest absolute Gasteiger partial charge is 0.457 e. The number of nitrogens with zero attached hydrogens (tertiary/aromatic N) is 5. The average Bonchev–Trinajstić information content (AvgIpc) is 3.57. The molecule has 2 aromatic heterocycles. The fourth-order valence-corrected chi connectivity index (χ4v) is 6.21. The van der Waals surface area contributed by atoms with E-state index in [1.165, 1.54) is 17.1 Å². The molecule has 0 spiro atoms. The maximum Gasteiger partial charge on any atom is 0.253 e. The first kappa shape index (κ1) is 27.1. The molecule has 3 aromatic carbocycles. The summed E-state index contributed by atoms with van der Waals surface area (Å²) in [6, 6.07) is 23.9. The van der Waals surface area contributed by atoms with E-state index in [-0.39, 0.29) is 5.91 Å². The Bertz CT molecular complexity index is 1630. The number of rotatable bonds is 7. The minimum Gasteiger partial charge on any atom is -0.457 e. The number of aryl methyl sites for hydroxylation is 2. The normalized spacial score (nSPS) is 13.7. The van der Waals surface area contributed by atoms with Crippen LogP contribution in [0.5, 0.6) is 11.5 Å².